The lowest BCUT2D eigenvalue weighted by molar-refractivity contribution is -0.137. The van der Waals surface area contributed by atoms with Crippen molar-refractivity contribution in [2.24, 2.45) is 0 Å². The lowest BCUT2D eigenvalue weighted by atomic mass is 10.1. The quantitative estimate of drug-likeness (QED) is 0.141. The second-order valence-corrected chi connectivity index (χ2v) is 17.2. The number of aromatic amines is 2. The molecule has 0 bridgehead atoms. The van der Waals surface area contributed by atoms with Crippen molar-refractivity contribution in [3.05, 3.63) is 117 Å². The maximum absolute atomic E-state index is 14.0. The Morgan fingerprint density at radius 1 is 0.913 bits per heavy atom. The molecular formula is C32H30ClF3N4O4SSi. The van der Waals surface area contributed by atoms with E-state index < -0.39 is 42.4 Å². The van der Waals surface area contributed by atoms with Crippen molar-refractivity contribution in [3.63, 3.8) is 0 Å². The Morgan fingerprint density at radius 3 is 2.04 bits per heavy atom. The standard InChI is InChI=1S/C32H30ClF3N4O4SSi/c1-31(2,3)46(21-11-6-4-7-12-21,22-13-8-5-9-14-22)43-18-20(44-30-37-15-10-16-38-30)19-45-27-25(33)24(32(34,35)36)17-23-26(27)39-29(42)40-28(23)41/h4-17,20H,18-19H2,1-3H3,(H2,39,40,41,42)/t20-/m0/s1. The van der Waals surface area contributed by atoms with Crippen molar-refractivity contribution in [2.45, 2.75) is 43.0 Å². The van der Waals surface area contributed by atoms with Crippen molar-refractivity contribution in [1.82, 2.24) is 19.9 Å². The number of rotatable bonds is 10. The molecule has 0 aliphatic heterocycles. The van der Waals surface area contributed by atoms with Crippen LogP contribution in [0, 0.1) is 0 Å². The number of H-pyrrole nitrogens is 2. The van der Waals surface area contributed by atoms with E-state index in [0.29, 0.717) is 6.07 Å². The number of alkyl halides is 3. The monoisotopic (exact) mass is 686 g/mol. The number of halogens is 4. The van der Waals surface area contributed by atoms with Crippen LogP contribution in [0.3, 0.4) is 0 Å². The fraction of sp³-hybridized carbons (Fsp3) is 0.250. The van der Waals surface area contributed by atoms with E-state index in [4.69, 9.17) is 20.8 Å². The Kier molecular flexibility index (Phi) is 9.77. The number of benzene rings is 3. The Labute approximate surface area is 272 Å². The highest BCUT2D eigenvalue weighted by atomic mass is 35.5. The molecule has 0 saturated heterocycles. The fourth-order valence-electron chi connectivity index (χ4n) is 5.36. The van der Waals surface area contributed by atoms with Gasteiger partial charge >= 0.3 is 17.9 Å². The zero-order valence-corrected chi connectivity index (χ0v) is 27.6. The van der Waals surface area contributed by atoms with Crippen LogP contribution in [-0.4, -0.2) is 46.7 Å². The molecule has 0 amide bonds. The maximum Gasteiger partial charge on any atom is 0.417 e. The Bertz CT molecular complexity index is 1880. The predicted molar refractivity (Wildman–Crippen MR) is 176 cm³/mol. The number of ether oxygens (including phenoxy) is 1. The number of thioether (sulfide) groups is 1. The van der Waals surface area contributed by atoms with Crippen molar-refractivity contribution in [3.8, 4) is 6.01 Å². The first kappa shape index (κ1) is 33.5. The number of hydrogen-bond acceptors (Lipinski definition) is 7. The van der Waals surface area contributed by atoms with Gasteiger partial charge in [0.25, 0.3) is 13.9 Å². The molecule has 2 N–H and O–H groups in total. The van der Waals surface area contributed by atoms with Gasteiger partial charge in [0.1, 0.15) is 6.10 Å². The summed E-state index contributed by atoms with van der Waals surface area (Å²) in [7, 11) is -3.04. The van der Waals surface area contributed by atoms with Gasteiger partial charge in [0.15, 0.2) is 0 Å². The van der Waals surface area contributed by atoms with Crippen LogP contribution in [0.5, 0.6) is 6.01 Å². The summed E-state index contributed by atoms with van der Waals surface area (Å²) in [6, 6.07) is 22.2. The van der Waals surface area contributed by atoms with Gasteiger partial charge in [-0.15, -0.1) is 11.8 Å². The predicted octanol–water partition coefficient (Wildman–Crippen LogP) is 5.79. The summed E-state index contributed by atoms with van der Waals surface area (Å²) < 4.78 is 55.2. The van der Waals surface area contributed by atoms with Crippen LogP contribution in [0.1, 0.15) is 26.3 Å². The third-order valence-electron chi connectivity index (χ3n) is 7.37. The first-order chi connectivity index (χ1) is 21.8. The number of nitrogens with zero attached hydrogens (tertiary/aromatic N) is 2. The van der Waals surface area contributed by atoms with E-state index in [-0.39, 0.29) is 39.2 Å². The smallest absolute Gasteiger partial charge is 0.417 e. The number of fused-ring (bicyclic) bond motifs is 1. The van der Waals surface area contributed by atoms with E-state index >= 15 is 0 Å². The summed E-state index contributed by atoms with van der Waals surface area (Å²) in [5.41, 5.74) is -3.16. The molecule has 5 rings (SSSR count). The summed E-state index contributed by atoms with van der Waals surface area (Å²) in [4.78, 5) is 37.3. The molecule has 5 aromatic rings. The number of hydrogen-bond donors (Lipinski definition) is 2. The van der Waals surface area contributed by atoms with Crippen LogP contribution >= 0.6 is 23.4 Å². The normalized spacial score (nSPS) is 13.1. The maximum atomic E-state index is 14.0. The van der Waals surface area contributed by atoms with E-state index in [0.717, 1.165) is 22.1 Å². The molecule has 0 fully saturated rings. The van der Waals surface area contributed by atoms with Gasteiger partial charge in [-0.1, -0.05) is 93.0 Å². The molecule has 14 heteroatoms. The molecule has 0 saturated carbocycles. The zero-order chi connectivity index (χ0) is 33.1. The first-order valence-corrected chi connectivity index (χ1v) is 17.5. The van der Waals surface area contributed by atoms with E-state index in [9.17, 15) is 22.8 Å². The lowest BCUT2D eigenvalue weighted by Gasteiger charge is -2.43. The summed E-state index contributed by atoms with van der Waals surface area (Å²) in [5.74, 6) is 0.00141. The summed E-state index contributed by atoms with van der Waals surface area (Å²) in [5, 5.41) is 0.692. The summed E-state index contributed by atoms with van der Waals surface area (Å²) in [6.07, 6.45) is -2.65. The zero-order valence-electron chi connectivity index (χ0n) is 25.0. The molecule has 0 radical (unpaired) electrons. The minimum atomic E-state index is -4.86. The highest BCUT2D eigenvalue weighted by Gasteiger charge is 2.50. The van der Waals surface area contributed by atoms with Crippen LogP contribution in [0.15, 0.2) is 99.7 Å². The van der Waals surface area contributed by atoms with Crippen LogP contribution in [0.25, 0.3) is 10.9 Å². The second kappa shape index (κ2) is 13.4. The Hall–Kier alpha value is -3.91. The van der Waals surface area contributed by atoms with Crippen molar-refractivity contribution in [1.29, 1.82) is 0 Å². The molecule has 0 aliphatic carbocycles. The van der Waals surface area contributed by atoms with Gasteiger partial charge in [0.2, 0.25) is 0 Å². The molecule has 240 valence electrons. The van der Waals surface area contributed by atoms with Crippen molar-refractivity contribution in [2.75, 3.05) is 12.4 Å². The van der Waals surface area contributed by atoms with E-state index in [1.807, 2.05) is 65.6 Å². The average molecular weight is 687 g/mol. The lowest BCUT2D eigenvalue weighted by Crippen LogP contribution is -2.67. The largest absolute Gasteiger partial charge is 0.457 e. The minimum absolute atomic E-state index is 0.00141. The molecule has 0 spiro atoms. The molecule has 0 aliphatic rings. The van der Waals surface area contributed by atoms with Gasteiger partial charge < -0.3 is 14.1 Å². The second-order valence-electron chi connectivity index (χ2n) is 11.5. The van der Waals surface area contributed by atoms with Crippen LogP contribution < -0.4 is 26.4 Å². The van der Waals surface area contributed by atoms with Crippen LogP contribution in [0.2, 0.25) is 10.1 Å². The van der Waals surface area contributed by atoms with E-state index in [1.54, 1.807) is 6.07 Å². The van der Waals surface area contributed by atoms with E-state index in [1.165, 1.54) is 12.4 Å². The van der Waals surface area contributed by atoms with Gasteiger partial charge in [-0.3, -0.25) is 9.78 Å². The van der Waals surface area contributed by atoms with Crippen LogP contribution in [0.4, 0.5) is 13.2 Å². The number of nitrogens with one attached hydrogen (secondary N) is 2. The minimum Gasteiger partial charge on any atom is -0.457 e. The van der Waals surface area contributed by atoms with Crippen molar-refractivity contribution < 1.29 is 22.3 Å². The molecule has 8 nitrogen and oxygen atoms in total. The van der Waals surface area contributed by atoms with Gasteiger partial charge in [-0.05, 0) is 27.5 Å². The third kappa shape index (κ3) is 6.92. The molecular weight excluding hydrogens is 657 g/mol. The third-order valence-corrected chi connectivity index (χ3v) is 14.1. The van der Waals surface area contributed by atoms with E-state index in [2.05, 4.69) is 35.7 Å². The van der Waals surface area contributed by atoms with Gasteiger partial charge in [0, 0.05) is 18.1 Å². The first-order valence-electron chi connectivity index (χ1n) is 14.2. The van der Waals surface area contributed by atoms with Gasteiger partial charge in [-0.25, -0.2) is 14.8 Å². The molecule has 2 heterocycles. The molecule has 0 unspecified atom stereocenters. The van der Waals surface area contributed by atoms with Crippen molar-refractivity contribution >= 4 is 53.0 Å². The SMILES string of the molecule is CC(C)(C)[Si](OC[C@@H](CSc1c(Cl)c(C(F)(F)F)cc2c(=O)[nH]c(=O)[nH]c12)Oc1ncccn1)(c1ccccc1)c1ccccc1. The Balaban J connectivity index is 1.57. The van der Waals surface area contributed by atoms with Gasteiger partial charge in [-0.2, -0.15) is 13.2 Å². The summed E-state index contributed by atoms with van der Waals surface area (Å²) >= 11 is 7.23. The molecule has 3 aromatic carbocycles. The Morgan fingerprint density at radius 2 is 1.50 bits per heavy atom. The molecule has 2 aromatic heterocycles. The highest BCUT2D eigenvalue weighted by molar-refractivity contribution is 7.99. The fourth-order valence-corrected chi connectivity index (χ4v) is 11.4. The highest BCUT2D eigenvalue weighted by Crippen LogP contribution is 2.43. The number of aromatic nitrogens is 4. The molecule has 46 heavy (non-hydrogen) atoms. The average Bonchev–Trinajstić information content (AvgIpc) is 3.01. The molecule has 1 atom stereocenters. The summed E-state index contributed by atoms with van der Waals surface area (Å²) in [6.45, 7) is 6.36. The van der Waals surface area contributed by atoms with Gasteiger partial charge in [0.05, 0.1) is 33.0 Å². The topological polar surface area (TPSA) is 110 Å². The van der Waals surface area contributed by atoms with Crippen LogP contribution in [-0.2, 0) is 10.6 Å².